The van der Waals surface area contributed by atoms with Crippen LogP contribution in [0.5, 0.6) is 0 Å². The largest absolute Gasteiger partial charge is 0.296 e. The highest BCUT2D eigenvalue weighted by atomic mass is 32.2. The molecule has 2 aromatic rings. The molecule has 8 heteroatoms. The summed E-state index contributed by atoms with van der Waals surface area (Å²) in [6.07, 6.45) is 0. The maximum absolute atomic E-state index is 9.84. The van der Waals surface area contributed by atoms with Gasteiger partial charge in [0, 0.05) is 58.3 Å². The molecule has 0 unspecified atom stereocenters. The van der Waals surface area contributed by atoms with Crippen LogP contribution >= 0.6 is 24.1 Å². The van der Waals surface area contributed by atoms with Gasteiger partial charge in [-0.1, -0.05) is 42.5 Å². The highest BCUT2D eigenvalue weighted by Crippen LogP contribution is 2.25. The van der Waals surface area contributed by atoms with Crippen LogP contribution in [0.4, 0.5) is 0 Å². The van der Waals surface area contributed by atoms with Gasteiger partial charge in [-0.3, -0.25) is 10.1 Å². The molecule has 29 heavy (non-hydrogen) atoms. The van der Waals surface area contributed by atoms with E-state index in [1.165, 1.54) is 32.7 Å². The summed E-state index contributed by atoms with van der Waals surface area (Å²) in [5.74, 6) is 0. The maximum atomic E-state index is 9.84. The fourth-order valence-electron chi connectivity index (χ4n) is 3.16. The van der Waals surface area contributed by atoms with Crippen LogP contribution in [-0.2, 0) is 13.1 Å². The van der Waals surface area contributed by atoms with Gasteiger partial charge in [-0.2, -0.15) is 0 Å². The van der Waals surface area contributed by atoms with E-state index in [1.807, 2.05) is 14.1 Å². The molecule has 1 aliphatic rings. The van der Waals surface area contributed by atoms with Crippen molar-refractivity contribution in [3.05, 3.63) is 65.7 Å². The predicted molar refractivity (Wildman–Crippen MR) is 122 cm³/mol. The number of benzene rings is 2. The van der Waals surface area contributed by atoms with Crippen LogP contribution in [0.1, 0.15) is 11.1 Å². The van der Waals surface area contributed by atoms with Crippen molar-refractivity contribution in [1.29, 1.82) is 0 Å². The fraction of sp³-hybridized carbons (Fsp3) is 0.429. The summed E-state index contributed by atoms with van der Waals surface area (Å²) < 4.78 is 5.64. The lowest BCUT2D eigenvalue weighted by molar-refractivity contribution is -0.133. The molecule has 3 rings (SSSR count). The van der Waals surface area contributed by atoms with Crippen molar-refractivity contribution in [3.63, 3.8) is 0 Å². The molecule has 0 bridgehead atoms. The van der Waals surface area contributed by atoms with E-state index in [0.29, 0.717) is 0 Å². The third-order valence-corrected chi connectivity index (χ3v) is 6.65. The molecule has 1 N–H and O–H groups in total. The molecule has 1 heterocycles. The van der Waals surface area contributed by atoms with Crippen molar-refractivity contribution in [2.24, 2.45) is 0 Å². The fourth-order valence-corrected chi connectivity index (χ4v) is 4.75. The van der Waals surface area contributed by atoms with Gasteiger partial charge in [0.2, 0.25) is 0 Å². The van der Waals surface area contributed by atoms with Crippen molar-refractivity contribution in [3.8, 4) is 0 Å². The summed E-state index contributed by atoms with van der Waals surface area (Å²) in [7, 11) is 5.79. The van der Waals surface area contributed by atoms with E-state index in [2.05, 4.69) is 75.2 Å². The smallest absolute Gasteiger partial charge is 0.0540 e. The number of hydrogen-bond acceptors (Lipinski definition) is 8. The second kappa shape index (κ2) is 11.3. The van der Waals surface area contributed by atoms with E-state index in [4.69, 9.17) is 0 Å². The molecule has 0 aromatic heterocycles. The highest BCUT2D eigenvalue weighted by Gasteiger charge is 2.20. The Morgan fingerprint density at radius 2 is 1.59 bits per heavy atom. The maximum Gasteiger partial charge on any atom is 0.0540 e. The number of hydrazine groups is 1. The molecule has 0 radical (unpaired) electrons. The summed E-state index contributed by atoms with van der Waals surface area (Å²) in [5.41, 5.74) is 2.67. The van der Waals surface area contributed by atoms with E-state index >= 15 is 0 Å². The molecule has 1 aliphatic heterocycles. The molecule has 2 aromatic carbocycles. The van der Waals surface area contributed by atoms with E-state index in [9.17, 15) is 5.21 Å². The molecule has 1 fully saturated rings. The summed E-state index contributed by atoms with van der Waals surface area (Å²) in [5, 5.41) is 11.5. The predicted octanol–water partition coefficient (Wildman–Crippen LogP) is 3.67. The first kappa shape index (κ1) is 22.6. The Morgan fingerprint density at radius 1 is 0.897 bits per heavy atom. The molecule has 0 amide bonds. The second-order valence-electron chi connectivity index (χ2n) is 7.40. The van der Waals surface area contributed by atoms with Crippen LogP contribution in [0.3, 0.4) is 0 Å². The zero-order chi connectivity index (χ0) is 20.6. The first-order chi connectivity index (χ1) is 14.0. The highest BCUT2D eigenvalue weighted by molar-refractivity contribution is 7.97. The quantitative estimate of drug-likeness (QED) is 0.474. The van der Waals surface area contributed by atoms with Crippen LogP contribution in [0, 0.1) is 0 Å². The Hall–Kier alpha value is -1.10. The summed E-state index contributed by atoms with van der Waals surface area (Å²) in [6.45, 7) is 5.75. The molecule has 1 saturated heterocycles. The van der Waals surface area contributed by atoms with Gasteiger partial charge >= 0.3 is 0 Å². The lowest BCUT2D eigenvalue weighted by Gasteiger charge is -2.35. The van der Waals surface area contributed by atoms with Crippen molar-refractivity contribution < 1.29 is 5.21 Å². The molecular formula is C21H31N5OS2. The van der Waals surface area contributed by atoms with Gasteiger partial charge in [0.1, 0.15) is 0 Å². The average Bonchev–Trinajstić information content (AvgIpc) is 2.70. The van der Waals surface area contributed by atoms with E-state index < -0.39 is 0 Å². The zero-order valence-electron chi connectivity index (χ0n) is 17.4. The van der Waals surface area contributed by atoms with Gasteiger partial charge in [-0.15, -0.1) is 0 Å². The first-order valence-corrected chi connectivity index (χ1v) is 11.3. The molecule has 0 atom stereocenters. The Morgan fingerprint density at radius 3 is 2.28 bits per heavy atom. The van der Waals surface area contributed by atoms with Crippen molar-refractivity contribution in [2.75, 3.05) is 47.3 Å². The Kier molecular flexibility index (Phi) is 8.83. The average molecular weight is 434 g/mol. The Balaban J connectivity index is 1.46. The molecule has 0 spiro atoms. The lowest BCUT2D eigenvalue weighted by atomic mass is 10.2. The van der Waals surface area contributed by atoms with Crippen LogP contribution in [0.25, 0.3) is 0 Å². The molecule has 6 nitrogen and oxygen atoms in total. The van der Waals surface area contributed by atoms with Gasteiger partial charge in [-0.25, -0.2) is 13.6 Å². The van der Waals surface area contributed by atoms with Gasteiger partial charge < -0.3 is 0 Å². The van der Waals surface area contributed by atoms with Crippen molar-refractivity contribution >= 4 is 24.1 Å². The van der Waals surface area contributed by atoms with Gasteiger partial charge in [0.15, 0.2) is 0 Å². The summed E-state index contributed by atoms with van der Waals surface area (Å²) >= 11 is 3.15. The zero-order valence-corrected chi connectivity index (χ0v) is 19.1. The standard InChI is InChI=1S/C21H31N5OS2/c1-22(2)26(27)29-25-14-12-24(13-15-25)18-20-10-7-11-21(16-20)28-23(3)17-19-8-5-4-6-9-19/h4-11,16,27H,12-15,17-18H2,1-3H3. The number of piperazine rings is 1. The third-order valence-electron chi connectivity index (χ3n) is 4.68. The Labute approximate surface area is 183 Å². The third kappa shape index (κ3) is 7.58. The van der Waals surface area contributed by atoms with Gasteiger partial charge in [0.25, 0.3) is 0 Å². The topological polar surface area (TPSA) is 36.4 Å². The van der Waals surface area contributed by atoms with Crippen LogP contribution in [-0.4, -0.2) is 75.6 Å². The van der Waals surface area contributed by atoms with Crippen molar-refractivity contribution in [1.82, 2.24) is 23.1 Å². The Bertz CT molecular complexity index is 741. The number of nitrogens with zero attached hydrogens (tertiary/aromatic N) is 5. The lowest BCUT2D eigenvalue weighted by Crippen LogP contribution is -2.45. The molecule has 158 valence electrons. The molecular weight excluding hydrogens is 402 g/mol. The van der Waals surface area contributed by atoms with Crippen molar-refractivity contribution in [2.45, 2.75) is 18.0 Å². The van der Waals surface area contributed by atoms with Crippen LogP contribution in [0.15, 0.2) is 59.5 Å². The second-order valence-corrected chi connectivity index (χ2v) is 9.68. The monoisotopic (exact) mass is 433 g/mol. The minimum atomic E-state index is 0.921. The summed E-state index contributed by atoms with van der Waals surface area (Å²) in [6, 6.07) is 19.4. The van der Waals surface area contributed by atoms with Gasteiger partial charge in [-0.05, 0) is 46.8 Å². The molecule has 0 saturated carbocycles. The molecule has 0 aliphatic carbocycles. The van der Waals surface area contributed by atoms with E-state index in [1.54, 1.807) is 17.0 Å². The van der Waals surface area contributed by atoms with Crippen LogP contribution < -0.4 is 0 Å². The van der Waals surface area contributed by atoms with Gasteiger partial charge in [0.05, 0.1) is 12.1 Å². The van der Waals surface area contributed by atoms with E-state index in [-0.39, 0.29) is 0 Å². The SMILES string of the molecule is CN(Cc1ccccc1)Sc1cccc(CN2CCN(SN(O)N(C)C)CC2)c1. The summed E-state index contributed by atoms with van der Waals surface area (Å²) in [4.78, 5) is 3.75. The minimum Gasteiger partial charge on any atom is -0.296 e. The number of rotatable bonds is 9. The number of hydrogen-bond donors (Lipinski definition) is 1. The van der Waals surface area contributed by atoms with Crippen LogP contribution in [0.2, 0.25) is 0 Å². The normalized spacial score (nSPS) is 16.2. The van der Waals surface area contributed by atoms with E-state index in [0.717, 1.165) is 39.3 Å². The first-order valence-electron chi connectivity index (χ1n) is 9.83. The minimum absolute atomic E-state index is 0.921.